The Balaban J connectivity index is 0.00000196. The van der Waals surface area contributed by atoms with Crippen molar-refractivity contribution < 1.29 is 4.39 Å². The van der Waals surface area contributed by atoms with Crippen molar-refractivity contribution in [3.8, 4) is 0 Å². The van der Waals surface area contributed by atoms with Gasteiger partial charge in [0.15, 0.2) is 0 Å². The standard InChI is InChI=1S/C12H18FN.CH4/c1-7(2)10-5-9(13)6-11(8(3)4)12(10)14;/h5-8H,14H2,1-4H3;1H4. The first kappa shape index (κ1) is 13.9. The Kier molecular flexibility index (Phi) is 4.79. The molecule has 0 aromatic heterocycles. The predicted octanol–water partition coefficient (Wildman–Crippen LogP) is 4.29. The number of benzene rings is 1. The molecule has 1 aromatic carbocycles. The Hall–Kier alpha value is -1.05. The Labute approximate surface area is 92.5 Å². The maximum absolute atomic E-state index is 13.3. The zero-order valence-corrected chi connectivity index (χ0v) is 9.26. The first-order valence-corrected chi connectivity index (χ1v) is 5.02. The summed E-state index contributed by atoms with van der Waals surface area (Å²) in [5, 5.41) is 0. The lowest BCUT2D eigenvalue weighted by molar-refractivity contribution is 0.619. The van der Waals surface area contributed by atoms with Gasteiger partial charge in [-0.1, -0.05) is 35.1 Å². The van der Waals surface area contributed by atoms with E-state index in [4.69, 9.17) is 5.73 Å². The lowest BCUT2D eigenvalue weighted by Crippen LogP contribution is -2.04. The SMILES string of the molecule is C.CC(C)c1cc(F)cc(C(C)C)c1N. The van der Waals surface area contributed by atoms with E-state index in [1.54, 1.807) is 0 Å². The van der Waals surface area contributed by atoms with Gasteiger partial charge in [-0.2, -0.15) is 0 Å². The van der Waals surface area contributed by atoms with Crippen molar-refractivity contribution >= 4 is 5.69 Å². The molecule has 1 rings (SSSR count). The minimum Gasteiger partial charge on any atom is -0.398 e. The number of anilines is 1. The molecule has 0 bridgehead atoms. The van der Waals surface area contributed by atoms with Crippen molar-refractivity contribution in [3.63, 3.8) is 0 Å². The van der Waals surface area contributed by atoms with Crippen molar-refractivity contribution in [1.29, 1.82) is 0 Å². The number of hydrogen-bond acceptors (Lipinski definition) is 1. The fourth-order valence-electron chi connectivity index (χ4n) is 1.62. The largest absolute Gasteiger partial charge is 0.398 e. The monoisotopic (exact) mass is 211 g/mol. The third-order valence-corrected chi connectivity index (χ3v) is 2.45. The fourth-order valence-corrected chi connectivity index (χ4v) is 1.62. The van der Waals surface area contributed by atoms with Crippen LogP contribution in [0.1, 0.15) is 58.1 Å². The quantitative estimate of drug-likeness (QED) is 0.725. The van der Waals surface area contributed by atoms with Gasteiger partial charge in [0.25, 0.3) is 0 Å². The molecule has 2 heteroatoms. The molecule has 0 aliphatic rings. The summed E-state index contributed by atoms with van der Waals surface area (Å²) in [4.78, 5) is 0. The second-order valence-corrected chi connectivity index (χ2v) is 4.31. The van der Waals surface area contributed by atoms with Gasteiger partial charge >= 0.3 is 0 Å². The lowest BCUT2D eigenvalue weighted by atomic mass is 9.93. The zero-order chi connectivity index (χ0) is 10.9. The summed E-state index contributed by atoms with van der Waals surface area (Å²) in [5.74, 6) is 0.345. The fraction of sp³-hybridized carbons (Fsp3) is 0.538. The number of nitrogens with two attached hydrogens (primary N) is 1. The molecule has 15 heavy (non-hydrogen) atoms. The molecular formula is C13H22FN. The molecule has 0 saturated carbocycles. The van der Waals surface area contributed by atoms with Crippen molar-refractivity contribution in [1.82, 2.24) is 0 Å². The molecule has 0 radical (unpaired) electrons. The summed E-state index contributed by atoms with van der Waals surface area (Å²) < 4.78 is 13.3. The molecule has 0 atom stereocenters. The molecule has 0 unspecified atom stereocenters. The molecule has 0 aliphatic carbocycles. The van der Waals surface area contributed by atoms with Gasteiger partial charge in [-0.3, -0.25) is 0 Å². The van der Waals surface area contributed by atoms with Crippen LogP contribution in [0.2, 0.25) is 0 Å². The van der Waals surface area contributed by atoms with Gasteiger partial charge in [0.05, 0.1) is 0 Å². The highest BCUT2D eigenvalue weighted by Gasteiger charge is 2.12. The highest BCUT2D eigenvalue weighted by molar-refractivity contribution is 5.56. The number of hydrogen-bond donors (Lipinski definition) is 1. The van der Waals surface area contributed by atoms with Crippen LogP contribution in [-0.4, -0.2) is 0 Å². The average molecular weight is 211 g/mol. The van der Waals surface area contributed by atoms with E-state index >= 15 is 0 Å². The van der Waals surface area contributed by atoms with Gasteiger partial charge in [0.1, 0.15) is 5.82 Å². The van der Waals surface area contributed by atoms with Crippen molar-refractivity contribution in [2.45, 2.75) is 47.0 Å². The Bertz CT molecular complexity index is 300. The summed E-state index contributed by atoms with van der Waals surface area (Å²) in [7, 11) is 0. The predicted molar refractivity (Wildman–Crippen MR) is 65.7 cm³/mol. The minimum atomic E-state index is -0.188. The molecule has 0 heterocycles. The van der Waals surface area contributed by atoms with E-state index in [0.29, 0.717) is 0 Å². The highest BCUT2D eigenvalue weighted by atomic mass is 19.1. The van der Waals surface area contributed by atoms with E-state index in [1.165, 1.54) is 12.1 Å². The first-order chi connectivity index (χ1) is 6.43. The summed E-state index contributed by atoms with van der Waals surface area (Å²) in [6, 6.07) is 3.07. The van der Waals surface area contributed by atoms with Crippen LogP contribution in [0.3, 0.4) is 0 Å². The Morgan fingerprint density at radius 1 is 1.00 bits per heavy atom. The van der Waals surface area contributed by atoms with Crippen molar-refractivity contribution in [2.75, 3.05) is 5.73 Å². The van der Waals surface area contributed by atoms with E-state index in [2.05, 4.69) is 0 Å². The Morgan fingerprint density at radius 3 is 1.60 bits per heavy atom. The zero-order valence-electron chi connectivity index (χ0n) is 9.26. The maximum Gasteiger partial charge on any atom is 0.123 e. The molecule has 2 N–H and O–H groups in total. The summed E-state index contributed by atoms with van der Waals surface area (Å²) in [6.45, 7) is 8.09. The van der Waals surface area contributed by atoms with Crippen LogP contribution in [0.15, 0.2) is 12.1 Å². The van der Waals surface area contributed by atoms with E-state index < -0.39 is 0 Å². The van der Waals surface area contributed by atoms with Gasteiger partial charge < -0.3 is 5.73 Å². The maximum atomic E-state index is 13.3. The van der Waals surface area contributed by atoms with Crippen LogP contribution in [0, 0.1) is 5.82 Å². The molecule has 86 valence electrons. The Morgan fingerprint density at radius 2 is 1.33 bits per heavy atom. The van der Waals surface area contributed by atoms with Crippen LogP contribution >= 0.6 is 0 Å². The van der Waals surface area contributed by atoms with E-state index in [1.807, 2.05) is 27.7 Å². The number of halogens is 1. The second-order valence-electron chi connectivity index (χ2n) is 4.31. The van der Waals surface area contributed by atoms with Gasteiger partial charge in [0, 0.05) is 5.69 Å². The third-order valence-electron chi connectivity index (χ3n) is 2.45. The normalized spacial score (nSPS) is 10.6. The average Bonchev–Trinajstić information content (AvgIpc) is 2.07. The molecule has 0 fully saturated rings. The van der Waals surface area contributed by atoms with E-state index in [9.17, 15) is 4.39 Å². The van der Waals surface area contributed by atoms with Crippen LogP contribution < -0.4 is 5.73 Å². The molecule has 0 aliphatic heterocycles. The minimum absolute atomic E-state index is 0. The highest BCUT2D eigenvalue weighted by Crippen LogP contribution is 2.30. The van der Waals surface area contributed by atoms with Crippen LogP contribution in [0.4, 0.5) is 10.1 Å². The lowest BCUT2D eigenvalue weighted by Gasteiger charge is -2.16. The van der Waals surface area contributed by atoms with Crippen LogP contribution in [0.25, 0.3) is 0 Å². The number of nitrogen functional groups attached to an aromatic ring is 1. The summed E-state index contributed by atoms with van der Waals surface area (Å²) in [5.41, 5.74) is 8.56. The molecule has 0 spiro atoms. The van der Waals surface area contributed by atoms with Gasteiger partial charge in [-0.25, -0.2) is 4.39 Å². The van der Waals surface area contributed by atoms with Crippen LogP contribution in [-0.2, 0) is 0 Å². The first-order valence-electron chi connectivity index (χ1n) is 5.02. The molecule has 1 nitrogen and oxygen atoms in total. The topological polar surface area (TPSA) is 26.0 Å². The molecule has 1 aromatic rings. The van der Waals surface area contributed by atoms with Crippen molar-refractivity contribution in [2.24, 2.45) is 0 Å². The molecule has 0 amide bonds. The molecular weight excluding hydrogens is 189 g/mol. The van der Waals surface area contributed by atoms with Crippen LogP contribution in [0.5, 0.6) is 0 Å². The summed E-state index contributed by atoms with van der Waals surface area (Å²) in [6.07, 6.45) is 0. The van der Waals surface area contributed by atoms with Gasteiger partial charge in [-0.05, 0) is 35.1 Å². The number of rotatable bonds is 2. The van der Waals surface area contributed by atoms with E-state index in [0.717, 1.165) is 16.8 Å². The van der Waals surface area contributed by atoms with E-state index in [-0.39, 0.29) is 25.1 Å². The smallest absolute Gasteiger partial charge is 0.123 e. The summed E-state index contributed by atoms with van der Waals surface area (Å²) >= 11 is 0. The third kappa shape index (κ3) is 2.95. The second kappa shape index (κ2) is 5.15. The molecule has 0 saturated heterocycles. The van der Waals surface area contributed by atoms with Crippen molar-refractivity contribution in [3.05, 3.63) is 29.1 Å². The van der Waals surface area contributed by atoms with Gasteiger partial charge in [-0.15, -0.1) is 0 Å². The van der Waals surface area contributed by atoms with Gasteiger partial charge in [0.2, 0.25) is 0 Å².